The third kappa shape index (κ3) is 3.25. The van der Waals surface area contributed by atoms with E-state index in [1.54, 1.807) is 7.05 Å². The van der Waals surface area contributed by atoms with Crippen molar-refractivity contribution in [3.05, 3.63) is 34.9 Å². The van der Waals surface area contributed by atoms with Gasteiger partial charge in [0.15, 0.2) is 18.2 Å². The van der Waals surface area contributed by atoms with Gasteiger partial charge in [0, 0.05) is 31.7 Å². The molecule has 7 nitrogen and oxygen atoms in total. The molecule has 0 saturated carbocycles. The van der Waals surface area contributed by atoms with Gasteiger partial charge >= 0.3 is 6.03 Å². The van der Waals surface area contributed by atoms with Crippen LogP contribution in [0.3, 0.4) is 0 Å². The lowest BCUT2D eigenvalue weighted by molar-refractivity contribution is -0.127. The highest BCUT2D eigenvalue weighted by Gasteiger charge is 2.49. The lowest BCUT2D eigenvalue weighted by Gasteiger charge is -2.39. The first-order valence-electron chi connectivity index (χ1n) is 9.36. The lowest BCUT2D eigenvalue weighted by Crippen LogP contribution is -2.64. The maximum atomic E-state index is 12.7. The number of piperidine rings is 1. The van der Waals surface area contributed by atoms with Crippen LogP contribution in [0.1, 0.15) is 25.3 Å². The molecule has 2 saturated heterocycles. The van der Waals surface area contributed by atoms with Crippen molar-refractivity contribution >= 4 is 29.5 Å². The summed E-state index contributed by atoms with van der Waals surface area (Å²) < 4.78 is 0. The zero-order chi connectivity index (χ0) is 19.1. The van der Waals surface area contributed by atoms with Crippen LogP contribution in [0.5, 0.6) is 0 Å². The third-order valence-electron chi connectivity index (χ3n) is 5.70. The van der Waals surface area contributed by atoms with Crippen LogP contribution < -0.4 is 5.32 Å². The normalized spacial score (nSPS) is 26.2. The fourth-order valence-electron chi connectivity index (χ4n) is 3.96. The molecule has 27 heavy (non-hydrogen) atoms. The number of rotatable bonds is 2. The molecule has 0 aromatic heterocycles. The minimum Gasteiger partial charge on any atom is -0.343 e. The van der Waals surface area contributed by atoms with Gasteiger partial charge in [0.25, 0.3) is 5.91 Å². The summed E-state index contributed by atoms with van der Waals surface area (Å²) in [5, 5.41) is 3.10. The number of hydrogen-bond acceptors (Lipinski definition) is 5. The zero-order valence-electron chi connectivity index (χ0n) is 15.6. The number of hydrogen-bond donors (Lipinski definition) is 1. The van der Waals surface area contributed by atoms with E-state index < -0.39 is 18.2 Å². The van der Waals surface area contributed by atoms with Gasteiger partial charge in [-0.2, -0.15) is 0 Å². The van der Waals surface area contributed by atoms with Crippen LogP contribution in [-0.2, 0) is 11.3 Å². The van der Waals surface area contributed by atoms with Crippen LogP contribution in [0.2, 0.25) is 5.02 Å². The SMILES string of the molecule is CC1CCN(C2=NC3C(C(=O)NC(=O)N3C)N2Cc2ccccc2Cl)CC1. The number of halogens is 1. The smallest absolute Gasteiger partial charge is 0.325 e. The van der Waals surface area contributed by atoms with Crippen molar-refractivity contribution < 1.29 is 9.59 Å². The number of aliphatic imine (C=N–C) groups is 1. The summed E-state index contributed by atoms with van der Waals surface area (Å²) >= 11 is 6.37. The molecule has 3 aliphatic rings. The third-order valence-corrected chi connectivity index (χ3v) is 6.07. The van der Waals surface area contributed by atoms with E-state index >= 15 is 0 Å². The molecule has 2 atom stereocenters. The average molecular weight is 390 g/mol. The molecular weight excluding hydrogens is 366 g/mol. The number of nitrogens with one attached hydrogen (secondary N) is 1. The van der Waals surface area contributed by atoms with Crippen molar-refractivity contribution in [2.24, 2.45) is 10.9 Å². The minimum atomic E-state index is -0.543. The molecule has 4 rings (SSSR count). The van der Waals surface area contributed by atoms with Crippen LogP contribution in [-0.4, -0.2) is 64.9 Å². The van der Waals surface area contributed by atoms with E-state index in [4.69, 9.17) is 16.6 Å². The highest BCUT2D eigenvalue weighted by molar-refractivity contribution is 6.31. The first-order chi connectivity index (χ1) is 13.0. The van der Waals surface area contributed by atoms with Crippen molar-refractivity contribution in [1.82, 2.24) is 20.0 Å². The first-order valence-corrected chi connectivity index (χ1v) is 9.74. The number of imide groups is 1. The Morgan fingerprint density at radius 3 is 2.63 bits per heavy atom. The predicted octanol–water partition coefficient (Wildman–Crippen LogP) is 2.12. The Morgan fingerprint density at radius 2 is 1.93 bits per heavy atom. The van der Waals surface area contributed by atoms with Crippen molar-refractivity contribution in [2.75, 3.05) is 20.1 Å². The molecule has 144 valence electrons. The second kappa shape index (κ2) is 7.03. The number of carbonyl (C=O) groups excluding carboxylic acids is 2. The maximum Gasteiger partial charge on any atom is 0.325 e. The molecule has 3 heterocycles. The summed E-state index contributed by atoms with van der Waals surface area (Å²) in [6.07, 6.45) is 1.67. The lowest BCUT2D eigenvalue weighted by atomic mass is 9.99. The van der Waals surface area contributed by atoms with Crippen LogP contribution >= 0.6 is 11.6 Å². The van der Waals surface area contributed by atoms with E-state index in [1.807, 2.05) is 29.2 Å². The summed E-state index contributed by atoms with van der Waals surface area (Å²) in [6.45, 7) is 4.53. The summed E-state index contributed by atoms with van der Waals surface area (Å²) in [6, 6.07) is 6.68. The van der Waals surface area contributed by atoms with Gasteiger partial charge < -0.3 is 14.7 Å². The molecule has 0 bridgehead atoms. The molecule has 0 spiro atoms. The second-order valence-electron chi connectivity index (χ2n) is 7.58. The highest BCUT2D eigenvalue weighted by atomic mass is 35.5. The molecule has 3 aliphatic heterocycles. The second-order valence-corrected chi connectivity index (χ2v) is 7.99. The average Bonchev–Trinajstić information content (AvgIpc) is 3.02. The van der Waals surface area contributed by atoms with Crippen molar-refractivity contribution in [3.63, 3.8) is 0 Å². The molecule has 1 aromatic rings. The number of urea groups is 1. The number of benzene rings is 1. The van der Waals surface area contributed by atoms with Gasteiger partial charge in [0.2, 0.25) is 0 Å². The molecule has 8 heteroatoms. The van der Waals surface area contributed by atoms with Crippen molar-refractivity contribution in [3.8, 4) is 0 Å². The molecule has 2 unspecified atom stereocenters. The highest BCUT2D eigenvalue weighted by Crippen LogP contribution is 2.30. The summed E-state index contributed by atoms with van der Waals surface area (Å²) in [5.74, 6) is 1.17. The maximum absolute atomic E-state index is 12.7. The molecule has 1 N–H and O–H groups in total. The van der Waals surface area contributed by atoms with Crippen LogP contribution in [0, 0.1) is 5.92 Å². The Kier molecular flexibility index (Phi) is 4.72. The number of carbonyl (C=O) groups is 2. The zero-order valence-corrected chi connectivity index (χ0v) is 16.3. The molecule has 1 aromatic carbocycles. The summed E-state index contributed by atoms with van der Waals surface area (Å²) in [5.41, 5.74) is 0.935. The number of likely N-dealkylation sites (N-methyl/N-ethyl adjacent to an activating group) is 1. The monoisotopic (exact) mass is 389 g/mol. The van der Waals surface area contributed by atoms with E-state index in [9.17, 15) is 9.59 Å². The Bertz CT molecular complexity index is 790. The van der Waals surface area contributed by atoms with Gasteiger partial charge in [-0.1, -0.05) is 36.7 Å². The number of amides is 3. The van der Waals surface area contributed by atoms with Crippen LogP contribution in [0.4, 0.5) is 4.79 Å². The number of nitrogens with zero attached hydrogens (tertiary/aromatic N) is 4. The molecule has 0 aliphatic carbocycles. The first kappa shape index (κ1) is 18.1. The number of likely N-dealkylation sites (tertiary alicyclic amines) is 1. The fourth-order valence-corrected chi connectivity index (χ4v) is 4.16. The van der Waals surface area contributed by atoms with Crippen LogP contribution in [0.25, 0.3) is 0 Å². The fraction of sp³-hybridized carbons (Fsp3) is 0.526. The van der Waals surface area contributed by atoms with Gasteiger partial charge in [-0.25, -0.2) is 9.79 Å². The molecule has 3 amide bonds. The van der Waals surface area contributed by atoms with Crippen LogP contribution in [0.15, 0.2) is 29.3 Å². The largest absolute Gasteiger partial charge is 0.343 e. The summed E-state index contributed by atoms with van der Waals surface area (Å²) in [7, 11) is 1.68. The van der Waals surface area contributed by atoms with Gasteiger partial charge in [0.1, 0.15) is 0 Å². The van der Waals surface area contributed by atoms with Crippen molar-refractivity contribution in [1.29, 1.82) is 0 Å². The molecule has 2 fully saturated rings. The van der Waals surface area contributed by atoms with E-state index in [-0.39, 0.29) is 5.91 Å². The van der Waals surface area contributed by atoms with E-state index in [1.165, 1.54) is 4.90 Å². The van der Waals surface area contributed by atoms with E-state index in [0.717, 1.165) is 37.5 Å². The molecular formula is C19H24ClN5O2. The Morgan fingerprint density at radius 1 is 1.22 bits per heavy atom. The Hall–Kier alpha value is -2.28. The Labute approximate surface area is 164 Å². The van der Waals surface area contributed by atoms with Gasteiger partial charge in [-0.05, 0) is 30.4 Å². The minimum absolute atomic E-state index is 0.306. The van der Waals surface area contributed by atoms with Gasteiger partial charge in [0.05, 0.1) is 0 Å². The number of fused-ring (bicyclic) bond motifs is 1. The van der Waals surface area contributed by atoms with E-state index in [0.29, 0.717) is 17.5 Å². The molecule has 0 radical (unpaired) electrons. The topological polar surface area (TPSA) is 68.2 Å². The predicted molar refractivity (Wildman–Crippen MR) is 103 cm³/mol. The Balaban J connectivity index is 1.68. The quantitative estimate of drug-likeness (QED) is 0.841. The van der Waals surface area contributed by atoms with Gasteiger partial charge in [-0.3, -0.25) is 10.1 Å². The summed E-state index contributed by atoms with van der Waals surface area (Å²) in [4.78, 5) is 35.3. The van der Waals surface area contributed by atoms with E-state index in [2.05, 4.69) is 17.1 Å². The van der Waals surface area contributed by atoms with Gasteiger partial charge in [-0.15, -0.1) is 0 Å². The van der Waals surface area contributed by atoms with Crippen molar-refractivity contribution in [2.45, 2.75) is 38.5 Å². The standard InChI is InChI=1S/C19H24ClN5O2/c1-12-7-9-24(10-8-12)18-21-16-15(17(26)22-19(27)23(16)2)25(18)11-13-5-3-4-6-14(13)20/h3-6,12,15-16H,7-11H2,1-2H3,(H,22,26,27). The number of guanidine groups is 1.